The summed E-state index contributed by atoms with van der Waals surface area (Å²) in [6.07, 6.45) is 1.45. The molecule has 0 spiro atoms. The monoisotopic (exact) mass is 412 g/mol. The molecule has 1 aromatic heterocycles. The summed E-state index contributed by atoms with van der Waals surface area (Å²) in [6, 6.07) is 15.1. The topological polar surface area (TPSA) is 80.5 Å². The highest BCUT2D eigenvalue weighted by Crippen LogP contribution is 2.26. The van der Waals surface area contributed by atoms with Gasteiger partial charge in [0, 0.05) is 35.3 Å². The molecule has 150 valence electrons. The maximum Gasteiger partial charge on any atom is 0.324 e. The van der Waals surface area contributed by atoms with Crippen LogP contribution in [0.3, 0.4) is 0 Å². The van der Waals surface area contributed by atoms with Crippen LogP contribution in [0, 0.1) is 5.92 Å². The number of aromatic nitrogens is 2. The Morgan fingerprint density at radius 1 is 1.14 bits per heavy atom. The molecule has 2 aromatic carbocycles. The van der Waals surface area contributed by atoms with Gasteiger partial charge in [-0.05, 0) is 61.4 Å². The van der Waals surface area contributed by atoms with Crippen molar-refractivity contribution >= 4 is 29.2 Å². The largest absolute Gasteiger partial charge is 0.497 e. The van der Waals surface area contributed by atoms with E-state index in [9.17, 15) is 4.79 Å². The van der Waals surface area contributed by atoms with Crippen LogP contribution >= 0.6 is 11.6 Å². The van der Waals surface area contributed by atoms with Gasteiger partial charge in [-0.15, -0.1) is 0 Å². The van der Waals surface area contributed by atoms with Crippen molar-refractivity contribution in [3.63, 3.8) is 0 Å². The minimum atomic E-state index is -0.0491. The van der Waals surface area contributed by atoms with Gasteiger partial charge in [0.25, 0.3) is 0 Å². The summed E-state index contributed by atoms with van der Waals surface area (Å²) in [7, 11) is 1.61. The Morgan fingerprint density at radius 2 is 1.83 bits per heavy atom. The molecule has 1 aliphatic rings. The first-order valence-electron chi connectivity index (χ1n) is 9.42. The Kier molecular flexibility index (Phi) is 5.67. The third kappa shape index (κ3) is 4.51. The molecule has 1 amide bonds. The molecule has 29 heavy (non-hydrogen) atoms. The number of ether oxygens (including phenoxy) is 1. The maximum absolute atomic E-state index is 12.6. The summed E-state index contributed by atoms with van der Waals surface area (Å²) in [6.45, 7) is 1.37. The lowest BCUT2D eigenvalue weighted by molar-refractivity contribution is -0.120. The third-order valence-electron chi connectivity index (χ3n) is 5.01. The summed E-state index contributed by atoms with van der Waals surface area (Å²) in [5.41, 5.74) is 1.61. The van der Waals surface area contributed by atoms with E-state index in [1.807, 2.05) is 41.3 Å². The second-order valence-electron chi connectivity index (χ2n) is 6.89. The predicted octanol–water partition coefficient (Wildman–Crippen LogP) is 4.25. The average molecular weight is 413 g/mol. The fraction of sp³-hybridized carbons (Fsp3) is 0.286. The molecule has 2 heterocycles. The van der Waals surface area contributed by atoms with Crippen LogP contribution in [0.15, 0.2) is 53.1 Å². The third-order valence-corrected chi connectivity index (χ3v) is 5.26. The predicted molar refractivity (Wildman–Crippen MR) is 111 cm³/mol. The van der Waals surface area contributed by atoms with Crippen LogP contribution in [-0.4, -0.2) is 36.2 Å². The summed E-state index contributed by atoms with van der Waals surface area (Å²) in [5, 5.41) is 7.69. The lowest BCUT2D eigenvalue weighted by Crippen LogP contribution is -2.38. The number of halogens is 1. The molecule has 0 aliphatic carbocycles. The number of carbonyl (C=O) groups is 1. The highest BCUT2D eigenvalue weighted by molar-refractivity contribution is 6.30. The average Bonchev–Trinajstić information content (AvgIpc) is 3.25. The zero-order chi connectivity index (χ0) is 20.2. The van der Waals surface area contributed by atoms with Gasteiger partial charge in [-0.25, -0.2) is 0 Å². The molecule has 0 saturated carbocycles. The van der Waals surface area contributed by atoms with Crippen LogP contribution in [0.4, 0.5) is 11.7 Å². The summed E-state index contributed by atoms with van der Waals surface area (Å²) >= 11 is 5.92. The molecule has 4 rings (SSSR count). The van der Waals surface area contributed by atoms with Crippen molar-refractivity contribution in [1.82, 2.24) is 10.1 Å². The molecule has 3 aromatic rings. The molecule has 0 unspecified atom stereocenters. The van der Waals surface area contributed by atoms with Crippen LogP contribution in [-0.2, 0) is 4.79 Å². The number of benzene rings is 2. The molecule has 0 radical (unpaired) electrons. The number of methoxy groups -OCH3 is 1. The zero-order valence-electron chi connectivity index (χ0n) is 16.0. The van der Waals surface area contributed by atoms with E-state index in [4.69, 9.17) is 20.9 Å². The van der Waals surface area contributed by atoms with Gasteiger partial charge in [-0.3, -0.25) is 4.79 Å². The van der Waals surface area contributed by atoms with Crippen molar-refractivity contribution in [3.05, 3.63) is 53.6 Å². The second-order valence-corrected chi connectivity index (χ2v) is 7.32. The number of hydrogen-bond acceptors (Lipinski definition) is 6. The van der Waals surface area contributed by atoms with E-state index >= 15 is 0 Å². The van der Waals surface area contributed by atoms with Crippen LogP contribution in [0.25, 0.3) is 11.4 Å². The quantitative estimate of drug-likeness (QED) is 0.674. The number of nitrogens with zero attached hydrogens (tertiary/aromatic N) is 3. The smallest absolute Gasteiger partial charge is 0.324 e. The Bertz CT molecular complexity index is 964. The Labute approximate surface area is 173 Å². The normalized spacial score (nSPS) is 14.6. The van der Waals surface area contributed by atoms with E-state index in [0.29, 0.717) is 30.0 Å². The van der Waals surface area contributed by atoms with Crippen LogP contribution in [0.1, 0.15) is 12.8 Å². The van der Waals surface area contributed by atoms with Gasteiger partial charge in [-0.1, -0.05) is 16.8 Å². The molecule has 1 saturated heterocycles. The minimum Gasteiger partial charge on any atom is -0.497 e. The fourth-order valence-corrected chi connectivity index (χ4v) is 3.44. The number of carbonyl (C=O) groups excluding carboxylic acids is 1. The van der Waals surface area contributed by atoms with Crippen molar-refractivity contribution < 1.29 is 14.1 Å². The first kappa shape index (κ1) is 19.3. The SMILES string of the molecule is COc1ccc(NC(=O)C2CCN(c3nc(-c4ccc(Cl)cc4)no3)CC2)cc1. The number of nitrogens with one attached hydrogen (secondary N) is 1. The van der Waals surface area contributed by atoms with E-state index in [2.05, 4.69) is 15.5 Å². The molecular formula is C21H21ClN4O3. The van der Waals surface area contributed by atoms with Gasteiger partial charge in [0.15, 0.2) is 0 Å². The number of amides is 1. The van der Waals surface area contributed by atoms with E-state index in [0.717, 1.165) is 29.8 Å². The molecule has 8 heteroatoms. The molecule has 1 N–H and O–H groups in total. The zero-order valence-corrected chi connectivity index (χ0v) is 16.7. The summed E-state index contributed by atoms with van der Waals surface area (Å²) in [4.78, 5) is 19.1. The van der Waals surface area contributed by atoms with Crippen molar-refractivity contribution in [1.29, 1.82) is 0 Å². The van der Waals surface area contributed by atoms with E-state index in [1.54, 1.807) is 19.2 Å². The van der Waals surface area contributed by atoms with Gasteiger partial charge >= 0.3 is 6.01 Å². The van der Waals surface area contributed by atoms with Crippen molar-refractivity contribution in [2.24, 2.45) is 5.92 Å². The Balaban J connectivity index is 1.33. The number of piperidine rings is 1. The maximum atomic E-state index is 12.6. The molecular weight excluding hydrogens is 392 g/mol. The number of anilines is 2. The summed E-state index contributed by atoms with van der Waals surface area (Å²) in [5.74, 6) is 1.26. The van der Waals surface area contributed by atoms with Crippen molar-refractivity contribution in [2.75, 3.05) is 30.4 Å². The first-order chi connectivity index (χ1) is 14.1. The fourth-order valence-electron chi connectivity index (χ4n) is 3.31. The lowest BCUT2D eigenvalue weighted by Gasteiger charge is -2.29. The molecule has 0 bridgehead atoms. The van der Waals surface area contributed by atoms with E-state index in [1.165, 1.54) is 0 Å². The van der Waals surface area contributed by atoms with Gasteiger partial charge in [0.05, 0.1) is 7.11 Å². The van der Waals surface area contributed by atoms with Gasteiger partial charge in [0.2, 0.25) is 11.7 Å². The highest BCUT2D eigenvalue weighted by atomic mass is 35.5. The van der Waals surface area contributed by atoms with E-state index < -0.39 is 0 Å². The second kappa shape index (κ2) is 8.53. The van der Waals surface area contributed by atoms with Gasteiger partial charge < -0.3 is 19.5 Å². The highest BCUT2D eigenvalue weighted by Gasteiger charge is 2.27. The van der Waals surface area contributed by atoms with Crippen molar-refractivity contribution in [3.8, 4) is 17.1 Å². The molecule has 1 aliphatic heterocycles. The van der Waals surface area contributed by atoms with Crippen LogP contribution in [0.5, 0.6) is 5.75 Å². The molecule has 0 atom stereocenters. The molecule has 1 fully saturated rings. The Hall–Kier alpha value is -3.06. The minimum absolute atomic E-state index is 0.0298. The Morgan fingerprint density at radius 3 is 2.48 bits per heavy atom. The van der Waals surface area contributed by atoms with Crippen LogP contribution in [0.2, 0.25) is 5.02 Å². The van der Waals surface area contributed by atoms with Gasteiger partial charge in [0.1, 0.15) is 5.75 Å². The van der Waals surface area contributed by atoms with Crippen LogP contribution < -0.4 is 15.0 Å². The number of rotatable bonds is 5. The summed E-state index contributed by atoms with van der Waals surface area (Å²) < 4.78 is 10.6. The lowest BCUT2D eigenvalue weighted by atomic mass is 9.96. The molecule has 7 nitrogen and oxygen atoms in total. The standard InChI is InChI=1S/C21H21ClN4O3/c1-28-18-8-6-17(7-9-18)23-20(27)15-10-12-26(13-11-15)21-24-19(25-29-21)14-2-4-16(22)5-3-14/h2-9,15H,10-13H2,1H3,(H,23,27). The van der Waals surface area contributed by atoms with Crippen molar-refractivity contribution in [2.45, 2.75) is 12.8 Å². The van der Waals surface area contributed by atoms with Gasteiger partial charge in [-0.2, -0.15) is 4.98 Å². The number of hydrogen-bond donors (Lipinski definition) is 1. The van der Waals surface area contributed by atoms with E-state index in [-0.39, 0.29) is 11.8 Å². The first-order valence-corrected chi connectivity index (χ1v) is 9.79.